The normalized spacial score (nSPS) is 28.9. The Morgan fingerprint density at radius 2 is 2.15 bits per heavy atom. The monoisotopic (exact) mass is 391 g/mol. The summed E-state index contributed by atoms with van der Waals surface area (Å²) in [4.78, 5) is 29.5. The van der Waals surface area contributed by atoms with Crippen molar-refractivity contribution >= 4 is 23.3 Å². The fourth-order valence-corrected chi connectivity index (χ4v) is 4.93. The summed E-state index contributed by atoms with van der Waals surface area (Å²) < 4.78 is 9.29. The Kier molecular flexibility index (Phi) is 5.51. The topological polar surface area (TPSA) is 87.7 Å². The van der Waals surface area contributed by atoms with E-state index in [0.29, 0.717) is 37.3 Å². The molecule has 4 atom stereocenters. The Labute approximate surface area is 162 Å². The summed E-state index contributed by atoms with van der Waals surface area (Å²) in [5.41, 5.74) is 0.692. The van der Waals surface area contributed by atoms with E-state index < -0.39 is 6.04 Å². The first-order valence-electron chi connectivity index (χ1n) is 9.43. The molecule has 4 rings (SSSR count). The van der Waals surface area contributed by atoms with Crippen LogP contribution in [-0.4, -0.2) is 77.1 Å². The molecule has 0 aromatic carbocycles. The number of rotatable bonds is 6. The van der Waals surface area contributed by atoms with Crippen LogP contribution in [-0.2, 0) is 14.3 Å². The van der Waals surface area contributed by atoms with Gasteiger partial charge in [0.2, 0.25) is 11.8 Å². The molecule has 27 heavy (non-hydrogen) atoms. The molecule has 0 spiro atoms. The predicted molar refractivity (Wildman–Crippen MR) is 99.9 cm³/mol. The molecular formula is C18H25N5O3S. The highest BCUT2D eigenvalue weighted by atomic mass is 32.1. The number of aromatic nitrogens is 2. The van der Waals surface area contributed by atoms with Gasteiger partial charge in [-0.2, -0.15) is 0 Å². The second-order valence-corrected chi connectivity index (χ2v) is 8.15. The second-order valence-electron chi connectivity index (χ2n) is 7.54. The van der Waals surface area contributed by atoms with Crippen molar-refractivity contribution in [2.24, 2.45) is 17.8 Å². The summed E-state index contributed by atoms with van der Waals surface area (Å²) in [5, 5.41) is 8.86. The molecule has 0 radical (unpaired) electrons. The number of likely N-dealkylation sites (tertiary alicyclic amines) is 2. The van der Waals surface area contributed by atoms with Gasteiger partial charge >= 0.3 is 0 Å². The van der Waals surface area contributed by atoms with Crippen molar-refractivity contribution in [1.29, 1.82) is 0 Å². The Morgan fingerprint density at radius 3 is 2.74 bits per heavy atom. The molecule has 8 nitrogen and oxygen atoms in total. The lowest BCUT2D eigenvalue weighted by Gasteiger charge is -2.28. The van der Waals surface area contributed by atoms with Crippen molar-refractivity contribution in [3.8, 4) is 0 Å². The van der Waals surface area contributed by atoms with Crippen LogP contribution in [0.1, 0.15) is 18.2 Å². The van der Waals surface area contributed by atoms with E-state index >= 15 is 0 Å². The first kappa shape index (κ1) is 18.5. The zero-order chi connectivity index (χ0) is 18.8. The van der Waals surface area contributed by atoms with E-state index in [4.69, 9.17) is 4.74 Å². The standard InChI is InChI=1S/C18H25N5O3S/c1-2-4-19-17(24)16(15-11-27-21-20-15)22-6-13-8-23(9-14(13)7-22)18(25)12-3-5-26-10-12/h2,11-14,16H,1,3-10H2,(H,19,24). The van der Waals surface area contributed by atoms with Crippen LogP contribution in [0.15, 0.2) is 18.0 Å². The highest BCUT2D eigenvalue weighted by Crippen LogP contribution is 2.36. The number of ether oxygens (including phenoxy) is 1. The van der Waals surface area contributed by atoms with Gasteiger partial charge in [-0.05, 0) is 29.8 Å². The highest BCUT2D eigenvalue weighted by molar-refractivity contribution is 7.03. The van der Waals surface area contributed by atoms with Crippen LogP contribution in [0.2, 0.25) is 0 Å². The number of carbonyl (C=O) groups is 2. The maximum Gasteiger partial charge on any atom is 0.243 e. The van der Waals surface area contributed by atoms with Gasteiger partial charge in [-0.1, -0.05) is 10.6 Å². The van der Waals surface area contributed by atoms with E-state index in [0.717, 1.165) is 32.6 Å². The van der Waals surface area contributed by atoms with Gasteiger partial charge < -0.3 is 15.0 Å². The summed E-state index contributed by atoms with van der Waals surface area (Å²) in [6.07, 6.45) is 2.50. The van der Waals surface area contributed by atoms with Crippen LogP contribution in [0.25, 0.3) is 0 Å². The zero-order valence-corrected chi connectivity index (χ0v) is 16.1. The van der Waals surface area contributed by atoms with E-state index in [1.165, 1.54) is 11.5 Å². The molecule has 0 aliphatic carbocycles. The summed E-state index contributed by atoms with van der Waals surface area (Å²) in [7, 11) is 0. The lowest BCUT2D eigenvalue weighted by molar-refractivity contribution is -0.135. The first-order chi connectivity index (χ1) is 13.2. The number of carbonyl (C=O) groups excluding carboxylic acids is 2. The quantitative estimate of drug-likeness (QED) is 0.702. The second kappa shape index (κ2) is 8.04. The van der Waals surface area contributed by atoms with Gasteiger partial charge in [-0.3, -0.25) is 14.5 Å². The summed E-state index contributed by atoms with van der Waals surface area (Å²) in [6, 6.07) is -0.429. The third kappa shape index (κ3) is 3.76. The Morgan fingerprint density at radius 1 is 1.37 bits per heavy atom. The number of hydrogen-bond donors (Lipinski definition) is 1. The van der Waals surface area contributed by atoms with Crippen molar-refractivity contribution in [2.75, 3.05) is 45.9 Å². The molecule has 9 heteroatoms. The summed E-state index contributed by atoms with van der Waals surface area (Å²) in [5.74, 6) is 0.990. The molecule has 1 N–H and O–H groups in total. The molecule has 3 fully saturated rings. The van der Waals surface area contributed by atoms with Crippen molar-refractivity contribution in [1.82, 2.24) is 24.7 Å². The van der Waals surface area contributed by atoms with Gasteiger partial charge in [0.25, 0.3) is 0 Å². The maximum atomic E-state index is 12.7. The average Bonchev–Trinajstić information content (AvgIpc) is 3.43. The summed E-state index contributed by atoms with van der Waals surface area (Å²) in [6.45, 7) is 8.45. The van der Waals surface area contributed by atoms with E-state index in [9.17, 15) is 9.59 Å². The molecule has 4 unspecified atom stereocenters. The Hall–Kier alpha value is -1.84. The van der Waals surface area contributed by atoms with E-state index in [-0.39, 0.29) is 17.7 Å². The average molecular weight is 391 g/mol. The highest BCUT2D eigenvalue weighted by Gasteiger charge is 2.46. The first-order valence-corrected chi connectivity index (χ1v) is 10.3. The molecule has 3 aliphatic heterocycles. The SMILES string of the molecule is C=CCNC(=O)C(c1csnn1)N1CC2CN(C(=O)C3CCOC3)CC2C1. The number of nitrogens with zero attached hydrogens (tertiary/aromatic N) is 4. The van der Waals surface area contributed by atoms with E-state index in [2.05, 4.69) is 26.4 Å². The van der Waals surface area contributed by atoms with Gasteiger partial charge in [-0.15, -0.1) is 11.7 Å². The fourth-order valence-electron chi connectivity index (χ4n) is 4.46. The minimum atomic E-state index is -0.429. The smallest absolute Gasteiger partial charge is 0.243 e. The molecule has 0 bridgehead atoms. The predicted octanol–water partition coefficient (Wildman–Crippen LogP) is 0.308. The molecule has 4 heterocycles. The lowest BCUT2D eigenvalue weighted by Crippen LogP contribution is -2.42. The third-order valence-corrected chi connectivity index (χ3v) is 6.32. The van der Waals surface area contributed by atoms with Gasteiger partial charge in [0.1, 0.15) is 11.7 Å². The van der Waals surface area contributed by atoms with Crippen LogP contribution >= 0.6 is 11.5 Å². The number of nitrogens with one attached hydrogen (secondary N) is 1. The maximum absolute atomic E-state index is 12.7. The molecule has 2 amide bonds. The largest absolute Gasteiger partial charge is 0.381 e. The van der Waals surface area contributed by atoms with Crippen LogP contribution in [0, 0.1) is 17.8 Å². The van der Waals surface area contributed by atoms with E-state index in [1.54, 1.807) is 6.08 Å². The van der Waals surface area contributed by atoms with Crippen molar-refractivity contribution in [3.63, 3.8) is 0 Å². The Bertz CT molecular complexity index is 677. The molecule has 3 aliphatic rings. The van der Waals surface area contributed by atoms with E-state index in [1.807, 2.05) is 10.3 Å². The van der Waals surface area contributed by atoms with Crippen molar-refractivity contribution in [2.45, 2.75) is 12.5 Å². The Balaban J connectivity index is 1.40. The molecule has 1 aromatic rings. The van der Waals surface area contributed by atoms with Crippen LogP contribution < -0.4 is 5.32 Å². The minimum absolute atomic E-state index is 0.0263. The number of fused-ring (bicyclic) bond motifs is 1. The van der Waals surface area contributed by atoms with Gasteiger partial charge in [0.05, 0.1) is 12.5 Å². The molecule has 146 valence electrons. The van der Waals surface area contributed by atoms with Gasteiger partial charge in [-0.25, -0.2) is 0 Å². The zero-order valence-electron chi connectivity index (χ0n) is 15.2. The van der Waals surface area contributed by atoms with Crippen molar-refractivity contribution < 1.29 is 14.3 Å². The van der Waals surface area contributed by atoms with Crippen LogP contribution in [0.3, 0.4) is 0 Å². The lowest BCUT2D eigenvalue weighted by atomic mass is 10.0. The summed E-state index contributed by atoms with van der Waals surface area (Å²) >= 11 is 1.26. The van der Waals surface area contributed by atoms with Crippen molar-refractivity contribution in [3.05, 3.63) is 23.7 Å². The van der Waals surface area contributed by atoms with Gasteiger partial charge in [0, 0.05) is 44.7 Å². The minimum Gasteiger partial charge on any atom is -0.381 e. The third-order valence-electron chi connectivity index (χ3n) is 5.80. The molecule has 0 saturated carbocycles. The number of hydrogen-bond acceptors (Lipinski definition) is 7. The fraction of sp³-hybridized carbons (Fsp3) is 0.667. The molecular weight excluding hydrogens is 366 g/mol. The van der Waals surface area contributed by atoms with Crippen LogP contribution in [0.4, 0.5) is 0 Å². The van der Waals surface area contributed by atoms with Crippen LogP contribution in [0.5, 0.6) is 0 Å². The number of amides is 2. The van der Waals surface area contributed by atoms with Gasteiger partial charge in [0.15, 0.2) is 0 Å². The molecule has 3 saturated heterocycles. The molecule has 1 aromatic heterocycles.